The van der Waals surface area contributed by atoms with Crippen LogP contribution in [-0.4, -0.2) is 17.7 Å². The number of carbonyl (C=O) groups is 1. The Balaban J connectivity index is 2.99. The molecule has 22 heavy (non-hydrogen) atoms. The number of carboxylic acid groups (broad SMARTS) is 1. The van der Waals surface area contributed by atoms with Crippen molar-refractivity contribution in [3.05, 3.63) is 29.3 Å². The molecule has 0 bridgehead atoms. The van der Waals surface area contributed by atoms with Crippen LogP contribution in [0.4, 0.5) is 0 Å². The SMILES string of the molecule is CCCC(CC)c1cccc(C(=O)O)c1OCCCC(C)C. The van der Waals surface area contributed by atoms with Gasteiger partial charge in [-0.1, -0.05) is 46.2 Å². The van der Waals surface area contributed by atoms with Gasteiger partial charge in [-0.25, -0.2) is 4.79 Å². The van der Waals surface area contributed by atoms with E-state index in [9.17, 15) is 9.90 Å². The summed E-state index contributed by atoms with van der Waals surface area (Å²) in [5.41, 5.74) is 1.34. The van der Waals surface area contributed by atoms with Gasteiger partial charge in [-0.15, -0.1) is 0 Å². The summed E-state index contributed by atoms with van der Waals surface area (Å²) >= 11 is 0. The fourth-order valence-corrected chi connectivity index (χ4v) is 2.80. The molecule has 0 aromatic heterocycles. The molecule has 0 radical (unpaired) electrons. The van der Waals surface area contributed by atoms with Crippen molar-refractivity contribution in [1.29, 1.82) is 0 Å². The molecule has 124 valence electrons. The predicted molar refractivity (Wildman–Crippen MR) is 90.9 cm³/mol. The molecule has 0 saturated heterocycles. The summed E-state index contributed by atoms with van der Waals surface area (Å²) in [5, 5.41) is 9.44. The Kier molecular flexibility index (Phi) is 8.00. The zero-order valence-electron chi connectivity index (χ0n) is 14.4. The Hall–Kier alpha value is -1.51. The van der Waals surface area contributed by atoms with Crippen molar-refractivity contribution >= 4 is 5.97 Å². The first kappa shape index (κ1) is 18.5. The molecule has 0 aliphatic rings. The summed E-state index contributed by atoms with van der Waals surface area (Å²) in [7, 11) is 0. The van der Waals surface area contributed by atoms with Crippen molar-refractivity contribution in [3.8, 4) is 5.75 Å². The van der Waals surface area contributed by atoms with Crippen molar-refractivity contribution in [2.45, 2.75) is 65.7 Å². The van der Waals surface area contributed by atoms with Crippen LogP contribution in [0.3, 0.4) is 0 Å². The summed E-state index contributed by atoms with van der Waals surface area (Å²) in [4.78, 5) is 11.5. The molecule has 1 rings (SSSR count). The van der Waals surface area contributed by atoms with Crippen molar-refractivity contribution in [1.82, 2.24) is 0 Å². The van der Waals surface area contributed by atoms with E-state index in [4.69, 9.17) is 4.74 Å². The molecule has 1 aromatic rings. The number of benzene rings is 1. The van der Waals surface area contributed by atoms with E-state index < -0.39 is 5.97 Å². The quantitative estimate of drug-likeness (QED) is 0.581. The van der Waals surface area contributed by atoms with E-state index in [1.54, 1.807) is 6.07 Å². The van der Waals surface area contributed by atoms with E-state index >= 15 is 0 Å². The second-order valence-electron chi connectivity index (χ2n) is 6.31. The highest BCUT2D eigenvalue weighted by Gasteiger charge is 2.20. The Labute approximate surface area is 134 Å². The third-order valence-electron chi connectivity index (χ3n) is 4.02. The minimum absolute atomic E-state index is 0.289. The van der Waals surface area contributed by atoms with Crippen LogP contribution < -0.4 is 4.74 Å². The monoisotopic (exact) mass is 306 g/mol. The van der Waals surface area contributed by atoms with Gasteiger partial charge < -0.3 is 9.84 Å². The summed E-state index contributed by atoms with van der Waals surface area (Å²) in [6.07, 6.45) is 5.19. The number of ether oxygens (including phenoxy) is 1. The zero-order valence-corrected chi connectivity index (χ0v) is 14.4. The van der Waals surface area contributed by atoms with Crippen molar-refractivity contribution in [3.63, 3.8) is 0 Å². The van der Waals surface area contributed by atoms with Gasteiger partial charge in [-0.2, -0.15) is 0 Å². The molecule has 1 atom stereocenters. The highest BCUT2D eigenvalue weighted by Crippen LogP contribution is 2.35. The van der Waals surface area contributed by atoms with Gasteiger partial charge >= 0.3 is 5.97 Å². The molecule has 0 fully saturated rings. The minimum Gasteiger partial charge on any atom is -0.492 e. The molecule has 0 aliphatic carbocycles. The Morgan fingerprint density at radius 2 is 1.95 bits per heavy atom. The molecular weight excluding hydrogens is 276 g/mol. The topological polar surface area (TPSA) is 46.5 Å². The Morgan fingerprint density at radius 1 is 1.23 bits per heavy atom. The van der Waals surface area contributed by atoms with Crippen LogP contribution in [0.5, 0.6) is 5.75 Å². The highest BCUT2D eigenvalue weighted by molar-refractivity contribution is 5.91. The summed E-state index contributed by atoms with van der Waals surface area (Å²) in [5.74, 6) is 0.678. The van der Waals surface area contributed by atoms with Crippen molar-refractivity contribution < 1.29 is 14.6 Å². The van der Waals surface area contributed by atoms with Crippen LogP contribution in [0.15, 0.2) is 18.2 Å². The first-order valence-electron chi connectivity index (χ1n) is 8.50. The van der Waals surface area contributed by atoms with E-state index in [1.807, 2.05) is 12.1 Å². The average molecular weight is 306 g/mol. The van der Waals surface area contributed by atoms with Crippen molar-refractivity contribution in [2.75, 3.05) is 6.61 Å². The maximum absolute atomic E-state index is 11.5. The lowest BCUT2D eigenvalue weighted by Gasteiger charge is -2.20. The molecule has 1 unspecified atom stereocenters. The normalized spacial score (nSPS) is 12.4. The predicted octanol–water partition coefficient (Wildman–Crippen LogP) is 5.49. The van der Waals surface area contributed by atoms with E-state index in [0.29, 0.717) is 24.2 Å². The second-order valence-corrected chi connectivity index (χ2v) is 6.31. The fraction of sp³-hybridized carbons (Fsp3) is 0.632. The second kappa shape index (κ2) is 9.50. The van der Waals surface area contributed by atoms with Crippen LogP contribution in [0.1, 0.15) is 81.6 Å². The van der Waals surface area contributed by atoms with Gasteiger partial charge in [-0.3, -0.25) is 0 Å². The number of aromatic carboxylic acids is 1. The molecule has 0 amide bonds. The minimum atomic E-state index is -0.910. The van der Waals surface area contributed by atoms with E-state index in [2.05, 4.69) is 27.7 Å². The third kappa shape index (κ3) is 5.36. The molecule has 1 aromatic carbocycles. The standard InChI is InChI=1S/C19H30O3/c1-5-9-15(6-2)16-11-7-12-17(19(20)21)18(16)22-13-8-10-14(3)4/h7,11-12,14-15H,5-6,8-10,13H2,1-4H3,(H,20,21). The fourth-order valence-electron chi connectivity index (χ4n) is 2.80. The lowest BCUT2D eigenvalue weighted by molar-refractivity contribution is 0.0691. The molecular formula is C19H30O3. The average Bonchev–Trinajstić information content (AvgIpc) is 2.48. The first-order valence-corrected chi connectivity index (χ1v) is 8.50. The Morgan fingerprint density at radius 3 is 2.50 bits per heavy atom. The molecule has 3 heteroatoms. The Bertz CT molecular complexity index is 466. The van der Waals surface area contributed by atoms with Gasteiger partial charge in [0.2, 0.25) is 0 Å². The molecule has 3 nitrogen and oxygen atoms in total. The summed E-state index contributed by atoms with van der Waals surface area (Å²) in [6, 6.07) is 5.49. The molecule has 0 aliphatic heterocycles. The molecule has 1 N–H and O–H groups in total. The van der Waals surface area contributed by atoms with Crippen LogP contribution in [-0.2, 0) is 0 Å². The van der Waals surface area contributed by atoms with Crippen LogP contribution >= 0.6 is 0 Å². The van der Waals surface area contributed by atoms with E-state index in [0.717, 1.165) is 37.7 Å². The maximum Gasteiger partial charge on any atom is 0.339 e. The van der Waals surface area contributed by atoms with Crippen LogP contribution in [0.2, 0.25) is 0 Å². The summed E-state index contributed by atoms with van der Waals surface area (Å²) < 4.78 is 5.93. The molecule has 0 heterocycles. The molecule has 0 spiro atoms. The maximum atomic E-state index is 11.5. The number of hydrogen-bond donors (Lipinski definition) is 1. The zero-order chi connectivity index (χ0) is 16.5. The molecule has 0 saturated carbocycles. The summed E-state index contributed by atoms with van der Waals surface area (Å²) in [6.45, 7) is 9.26. The third-order valence-corrected chi connectivity index (χ3v) is 4.02. The van der Waals surface area contributed by atoms with E-state index in [-0.39, 0.29) is 5.56 Å². The van der Waals surface area contributed by atoms with Crippen LogP contribution in [0, 0.1) is 5.92 Å². The largest absolute Gasteiger partial charge is 0.492 e. The lowest BCUT2D eigenvalue weighted by atomic mass is 9.90. The van der Waals surface area contributed by atoms with Gasteiger partial charge in [0, 0.05) is 0 Å². The first-order chi connectivity index (χ1) is 10.5. The highest BCUT2D eigenvalue weighted by atomic mass is 16.5. The van der Waals surface area contributed by atoms with Gasteiger partial charge in [0.1, 0.15) is 11.3 Å². The number of para-hydroxylation sites is 1. The lowest BCUT2D eigenvalue weighted by Crippen LogP contribution is -2.10. The van der Waals surface area contributed by atoms with Gasteiger partial charge in [0.15, 0.2) is 0 Å². The smallest absolute Gasteiger partial charge is 0.339 e. The van der Waals surface area contributed by atoms with Gasteiger partial charge in [0.05, 0.1) is 6.61 Å². The van der Waals surface area contributed by atoms with Gasteiger partial charge in [-0.05, 0) is 49.1 Å². The van der Waals surface area contributed by atoms with Crippen molar-refractivity contribution in [2.24, 2.45) is 5.92 Å². The van der Waals surface area contributed by atoms with Crippen LogP contribution in [0.25, 0.3) is 0 Å². The van der Waals surface area contributed by atoms with E-state index in [1.165, 1.54) is 0 Å². The van der Waals surface area contributed by atoms with Gasteiger partial charge in [0.25, 0.3) is 0 Å². The number of carboxylic acids is 1. The number of rotatable bonds is 10. The number of hydrogen-bond acceptors (Lipinski definition) is 2.